The van der Waals surface area contributed by atoms with Gasteiger partial charge in [-0.15, -0.1) is 0 Å². The Hall–Kier alpha value is -2.67. The molecule has 3 aromatic rings. The van der Waals surface area contributed by atoms with Gasteiger partial charge < -0.3 is 18.9 Å². The van der Waals surface area contributed by atoms with E-state index in [1.165, 1.54) is 11.8 Å². The molecule has 2 aromatic carbocycles. The highest BCUT2D eigenvalue weighted by molar-refractivity contribution is 7.99. The number of nitrogens with zero attached hydrogens (tertiary/aromatic N) is 3. The lowest BCUT2D eigenvalue weighted by Gasteiger charge is -2.18. The van der Waals surface area contributed by atoms with Crippen LogP contribution in [0.4, 0.5) is 0 Å². The number of methoxy groups -OCH3 is 2. The predicted octanol–water partition coefficient (Wildman–Crippen LogP) is 3.82. The van der Waals surface area contributed by atoms with E-state index >= 15 is 0 Å². The number of hydrogen-bond donors (Lipinski definition) is 0. The average molecular weight is 400 g/mol. The van der Waals surface area contributed by atoms with Gasteiger partial charge in [-0.3, -0.25) is 4.79 Å². The normalized spacial score (nSPS) is 10.9. The summed E-state index contributed by atoms with van der Waals surface area (Å²) in [4.78, 5) is 19.0. The second-order valence-corrected chi connectivity index (χ2v) is 7.30. The molecule has 1 heterocycles. The number of ether oxygens (including phenoxy) is 2. The molecule has 0 N–H and O–H groups in total. The van der Waals surface area contributed by atoms with E-state index in [-0.39, 0.29) is 5.91 Å². The number of fused-ring (bicyclic) bond motifs is 1. The first-order valence-electron chi connectivity index (χ1n) is 9.10. The number of para-hydroxylation sites is 2. The maximum Gasteiger partial charge on any atom is 0.233 e. The standard InChI is InChI=1S/C21H25N3O3S/c1-5-24-17-9-7-6-8-16(17)22-21(24)28-14-20(25)23(2)13-15-10-11-18(26-3)19(12-15)27-4/h6-12H,5,13-14H2,1-4H3. The van der Waals surface area contributed by atoms with Crippen molar-refractivity contribution in [3.63, 3.8) is 0 Å². The Morgan fingerprint density at radius 3 is 2.61 bits per heavy atom. The molecule has 0 atom stereocenters. The van der Waals surface area contributed by atoms with Crippen molar-refractivity contribution < 1.29 is 14.3 Å². The first kappa shape index (κ1) is 20.1. The zero-order valence-electron chi connectivity index (χ0n) is 16.6. The number of benzene rings is 2. The van der Waals surface area contributed by atoms with Crippen molar-refractivity contribution in [2.75, 3.05) is 27.0 Å². The number of carbonyl (C=O) groups is 1. The minimum atomic E-state index is 0.0505. The highest BCUT2D eigenvalue weighted by atomic mass is 32.2. The van der Waals surface area contributed by atoms with E-state index in [1.807, 2.05) is 43.4 Å². The van der Waals surface area contributed by atoms with Gasteiger partial charge in [0.15, 0.2) is 16.7 Å². The SMILES string of the molecule is CCn1c(SCC(=O)N(C)Cc2ccc(OC)c(OC)c2)nc2ccccc21. The van der Waals surface area contributed by atoms with E-state index in [4.69, 9.17) is 9.47 Å². The number of aromatic nitrogens is 2. The van der Waals surface area contributed by atoms with E-state index in [1.54, 1.807) is 19.1 Å². The van der Waals surface area contributed by atoms with Crippen LogP contribution >= 0.6 is 11.8 Å². The van der Waals surface area contributed by atoms with Gasteiger partial charge in [0, 0.05) is 20.1 Å². The van der Waals surface area contributed by atoms with Crippen LogP contribution < -0.4 is 9.47 Å². The summed E-state index contributed by atoms with van der Waals surface area (Å²) in [7, 11) is 5.02. The number of imidazole rings is 1. The monoisotopic (exact) mass is 399 g/mol. The van der Waals surface area contributed by atoms with Gasteiger partial charge in [0.05, 0.1) is 31.0 Å². The average Bonchev–Trinajstić information content (AvgIpc) is 3.09. The van der Waals surface area contributed by atoms with Gasteiger partial charge in [-0.05, 0) is 36.8 Å². The highest BCUT2D eigenvalue weighted by Crippen LogP contribution is 2.28. The molecule has 0 saturated heterocycles. The number of aryl methyl sites for hydroxylation is 1. The van der Waals surface area contributed by atoms with E-state index < -0.39 is 0 Å². The topological polar surface area (TPSA) is 56.6 Å². The second kappa shape index (κ2) is 9.01. The van der Waals surface area contributed by atoms with Crippen molar-refractivity contribution in [1.82, 2.24) is 14.5 Å². The summed E-state index contributed by atoms with van der Waals surface area (Å²) in [6.45, 7) is 3.41. The Labute approximate surface area is 169 Å². The number of amides is 1. The third-order valence-corrected chi connectivity index (χ3v) is 5.52. The number of thioether (sulfide) groups is 1. The molecule has 7 heteroatoms. The highest BCUT2D eigenvalue weighted by Gasteiger charge is 2.15. The molecule has 0 spiro atoms. The second-order valence-electron chi connectivity index (χ2n) is 6.36. The fraction of sp³-hybridized carbons (Fsp3) is 0.333. The van der Waals surface area contributed by atoms with Gasteiger partial charge in [0.25, 0.3) is 0 Å². The van der Waals surface area contributed by atoms with Crippen LogP contribution in [-0.2, 0) is 17.9 Å². The molecule has 1 amide bonds. The third-order valence-electron chi connectivity index (χ3n) is 4.55. The molecular formula is C21H25N3O3S. The Kier molecular flexibility index (Phi) is 6.46. The van der Waals surface area contributed by atoms with Crippen molar-refractivity contribution in [2.45, 2.75) is 25.2 Å². The molecule has 0 aliphatic heterocycles. The maximum absolute atomic E-state index is 12.6. The van der Waals surface area contributed by atoms with Crippen LogP contribution in [0.1, 0.15) is 12.5 Å². The molecule has 0 aliphatic carbocycles. The van der Waals surface area contributed by atoms with Gasteiger partial charge in [0.1, 0.15) is 0 Å². The van der Waals surface area contributed by atoms with E-state index in [2.05, 4.69) is 22.5 Å². The Morgan fingerprint density at radius 2 is 1.89 bits per heavy atom. The minimum absolute atomic E-state index is 0.0505. The fourth-order valence-corrected chi connectivity index (χ4v) is 4.07. The van der Waals surface area contributed by atoms with Crippen molar-refractivity contribution in [2.24, 2.45) is 0 Å². The molecule has 0 unspecified atom stereocenters. The molecular weight excluding hydrogens is 374 g/mol. The van der Waals surface area contributed by atoms with Crippen LogP contribution in [0.5, 0.6) is 11.5 Å². The largest absolute Gasteiger partial charge is 0.493 e. The van der Waals surface area contributed by atoms with Crippen molar-refractivity contribution in [3.05, 3.63) is 48.0 Å². The lowest BCUT2D eigenvalue weighted by atomic mass is 10.2. The molecule has 0 saturated carbocycles. The van der Waals surface area contributed by atoms with Gasteiger partial charge >= 0.3 is 0 Å². The molecule has 0 fully saturated rings. The Bertz CT molecular complexity index is 971. The lowest BCUT2D eigenvalue weighted by molar-refractivity contribution is -0.127. The van der Waals surface area contributed by atoms with Gasteiger partial charge in [-0.25, -0.2) is 4.98 Å². The van der Waals surface area contributed by atoms with Crippen LogP contribution in [0.3, 0.4) is 0 Å². The van der Waals surface area contributed by atoms with Gasteiger partial charge in [0.2, 0.25) is 5.91 Å². The van der Waals surface area contributed by atoms with Gasteiger partial charge in [-0.1, -0.05) is 30.0 Å². The quantitative estimate of drug-likeness (QED) is 0.539. The molecule has 3 rings (SSSR count). The first-order chi connectivity index (χ1) is 13.6. The predicted molar refractivity (Wildman–Crippen MR) is 112 cm³/mol. The summed E-state index contributed by atoms with van der Waals surface area (Å²) in [5.74, 6) is 1.73. The van der Waals surface area contributed by atoms with Crippen molar-refractivity contribution >= 4 is 28.7 Å². The Balaban J connectivity index is 1.65. The molecule has 0 aliphatic rings. The summed E-state index contributed by atoms with van der Waals surface area (Å²) in [6.07, 6.45) is 0. The summed E-state index contributed by atoms with van der Waals surface area (Å²) in [5.41, 5.74) is 3.04. The van der Waals surface area contributed by atoms with E-state index in [9.17, 15) is 4.79 Å². The van der Waals surface area contributed by atoms with Crippen LogP contribution in [0, 0.1) is 0 Å². The molecule has 148 valence electrons. The zero-order valence-corrected chi connectivity index (χ0v) is 17.5. The molecule has 6 nitrogen and oxygen atoms in total. The van der Waals surface area contributed by atoms with E-state index in [0.29, 0.717) is 23.8 Å². The first-order valence-corrected chi connectivity index (χ1v) is 10.1. The molecule has 0 radical (unpaired) electrons. The van der Waals surface area contributed by atoms with Crippen LogP contribution in [0.2, 0.25) is 0 Å². The summed E-state index contributed by atoms with van der Waals surface area (Å²) >= 11 is 1.47. The minimum Gasteiger partial charge on any atom is -0.493 e. The van der Waals surface area contributed by atoms with Crippen LogP contribution in [0.25, 0.3) is 11.0 Å². The van der Waals surface area contributed by atoms with Crippen LogP contribution in [-0.4, -0.2) is 47.4 Å². The van der Waals surface area contributed by atoms with Gasteiger partial charge in [-0.2, -0.15) is 0 Å². The third kappa shape index (κ3) is 4.25. The Morgan fingerprint density at radius 1 is 1.14 bits per heavy atom. The summed E-state index contributed by atoms with van der Waals surface area (Å²) < 4.78 is 12.7. The summed E-state index contributed by atoms with van der Waals surface area (Å²) in [5, 5.41) is 0.872. The van der Waals surface area contributed by atoms with Crippen molar-refractivity contribution in [3.8, 4) is 11.5 Å². The zero-order chi connectivity index (χ0) is 20.1. The lowest BCUT2D eigenvalue weighted by Crippen LogP contribution is -2.27. The smallest absolute Gasteiger partial charge is 0.233 e. The maximum atomic E-state index is 12.6. The number of hydrogen-bond acceptors (Lipinski definition) is 5. The van der Waals surface area contributed by atoms with Crippen LogP contribution in [0.15, 0.2) is 47.6 Å². The molecule has 1 aromatic heterocycles. The number of carbonyl (C=O) groups excluding carboxylic acids is 1. The molecule has 28 heavy (non-hydrogen) atoms. The molecule has 0 bridgehead atoms. The summed E-state index contributed by atoms with van der Waals surface area (Å²) in [6, 6.07) is 13.7. The fourth-order valence-electron chi connectivity index (χ4n) is 3.05. The number of rotatable bonds is 8. The van der Waals surface area contributed by atoms with Crippen molar-refractivity contribution in [1.29, 1.82) is 0 Å². The van der Waals surface area contributed by atoms with E-state index in [0.717, 1.165) is 28.3 Å².